The molecule has 3 aromatic rings. The third-order valence-electron chi connectivity index (χ3n) is 4.80. The number of hydrogen-bond donors (Lipinski definition) is 1. The Hall–Kier alpha value is -2.69. The molecule has 2 N–H and O–H groups in total. The molecular weight excluding hydrogens is 508 g/mol. The number of nitrogen functional groups attached to an aromatic ring is 1. The van der Waals surface area contributed by atoms with E-state index in [0.29, 0.717) is 5.56 Å². The maximum atomic E-state index is 13.6. The first kappa shape index (κ1) is 25.9. The van der Waals surface area contributed by atoms with Crippen LogP contribution in [0.15, 0.2) is 53.6 Å². The lowest BCUT2D eigenvalue weighted by Crippen LogP contribution is -2.12. The summed E-state index contributed by atoms with van der Waals surface area (Å²) in [5.41, 5.74) is 5.77. The molecule has 0 unspecified atom stereocenters. The lowest BCUT2D eigenvalue weighted by molar-refractivity contribution is 0.0989. The van der Waals surface area contributed by atoms with E-state index in [1.807, 2.05) is 0 Å². The van der Waals surface area contributed by atoms with E-state index in [2.05, 4.69) is 9.97 Å². The number of anilines is 1. The fraction of sp³-hybridized carbons (Fsp3) is 0.190. The number of ketones is 1. The number of carbonyl (C=O) groups is 1. The van der Waals surface area contributed by atoms with E-state index in [-0.39, 0.29) is 39.1 Å². The zero-order valence-electron chi connectivity index (χ0n) is 18.1. The summed E-state index contributed by atoms with van der Waals surface area (Å²) < 4.78 is 60.2. The lowest BCUT2D eigenvalue weighted by atomic mass is 10.1. The van der Waals surface area contributed by atoms with Crippen molar-refractivity contribution in [2.45, 2.75) is 11.3 Å². The van der Waals surface area contributed by atoms with Crippen LogP contribution in [0.3, 0.4) is 0 Å². The van der Waals surface area contributed by atoms with Crippen LogP contribution in [-0.4, -0.2) is 43.9 Å². The predicted molar refractivity (Wildman–Crippen MR) is 125 cm³/mol. The Morgan fingerprint density at radius 3 is 2.41 bits per heavy atom. The predicted octanol–water partition coefficient (Wildman–Crippen LogP) is 4.16. The smallest absolute Gasteiger partial charge is 0.345 e. The lowest BCUT2D eigenvalue weighted by Gasteiger charge is -2.14. The van der Waals surface area contributed by atoms with Crippen LogP contribution in [0.5, 0.6) is 0 Å². The Labute approximate surface area is 200 Å². The normalized spacial score (nSPS) is 12.0. The summed E-state index contributed by atoms with van der Waals surface area (Å²) >= 11 is 6.11. The van der Waals surface area contributed by atoms with Gasteiger partial charge in [-0.1, -0.05) is 23.7 Å². The maximum Gasteiger partial charge on any atom is 0.345 e. The van der Waals surface area contributed by atoms with Crippen LogP contribution >= 0.6 is 19.2 Å². The van der Waals surface area contributed by atoms with Gasteiger partial charge in [-0.15, -0.1) is 0 Å². The number of carbonyl (C=O) groups excluding carboxylic acids is 1. The molecule has 0 aliphatic carbocycles. The second-order valence-corrected chi connectivity index (χ2v) is 12.2. The Balaban J connectivity index is 1.83. The van der Waals surface area contributed by atoms with Crippen molar-refractivity contribution in [2.75, 3.05) is 25.4 Å². The number of halogens is 2. The van der Waals surface area contributed by atoms with E-state index >= 15 is 0 Å². The third kappa shape index (κ3) is 5.86. The van der Waals surface area contributed by atoms with Crippen LogP contribution in [-0.2, 0) is 29.9 Å². The highest BCUT2D eigenvalue weighted by Gasteiger charge is 2.31. The molecule has 3 rings (SSSR count). The van der Waals surface area contributed by atoms with Gasteiger partial charge in [0.25, 0.3) is 0 Å². The van der Waals surface area contributed by atoms with Crippen LogP contribution in [0.4, 0.5) is 10.2 Å². The Morgan fingerprint density at radius 1 is 1.15 bits per heavy atom. The summed E-state index contributed by atoms with van der Waals surface area (Å²) in [5, 5.41) is 0.224. The number of nitrogens with zero attached hydrogens (tertiary/aromatic N) is 2. The highest BCUT2D eigenvalue weighted by atomic mass is 35.5. The quantitative estimate of drug-likeness (QED) is 0.321. The van der Waals surface area contributed by atoms with Crippen molar-refractivity contribution in [3.05, 3.63) is 70.8 Å². The van der Waals surface area contributed by atoms with Crippen molar-refractivity contribution in [1.29, 1.82) is 0 Å². The van der Waals surface area contributed by atoms with Gasteiger partial charge in [-0.2, -0.15) is 0 Å². The third-order valence-corrected chi connectivity index (χ3v) is 9.86. The minimum absolute atomic E-state index is 0.111. The van der Waals surface area contributed by atoms with Crippen molar-refractivity contribution in [1.82, 2.24) is 9.97 Å². The summed E-state index contributed by atoms with van der Waals surface area (Å²) in [6.07, 6.45) is 1.12. The van der Waals surface area contributed by atoms with E-state index in [4.69, 9.17) is 26.4 Å². The van der Waals surface area contributed by atoms with Crippen LogP contribution in [0.25, 0.3) is 11.3 Å². The molecule has 0 aliphatic heterocycles. The zero-order valence-corrected chi connectivity index (χ0v) is 20.5. The zero-order chi connectivity index (χ0) is 25.1. The van der Waals surface area contributed by atoms with Gasteiger partial charge in [0.1, 0.15) is 11.5 Å². The van der Waals surface area contributed by atoms with Gasteiger partial charge in [0.05, 0.1) is 21.8 Å². The van der Waals surface area contributed by atoms with E-state index in [9.17, 15) is 22.2 Å². The van der Waals surface area contributed by atoms with Gasteiger partial charge in [-0.25, -0.2) is 22.8 Å². The van der Waals surface area contributed by atoms with Crippen molar-refractivity contribution in [3.8, 4) is 11.3 Å². The Kier molecular flexibility index (Phi) is 7.84. The highest BCUT2D eigenvalue weighted by molar-refractivity contribution is 7.97. The molecule has 13 heteroatoms. The van der Waals surface area contributed by atoms with Gasteiger partial charge >= 0.3 is 7.60 Å². The van der Waals surface area contributed by atoms with Gasteiger partial charge in [0.15, 0.2) is 26.9 Å². The number of aromatic nitrogens is 2. The first-order chi connectivity index (χ1) is 16.0. The van der Waals surface area contributed by atoms with Crippen LogP contribution < -0.4 is 5.73 Å². The summed E-state index contributed by atoms with van der Waals surface area (Å²) in [7, 11) is -5.57. The molecule has 2 aromatic carbocycles. The molecule has 0 bridgehead atoms. The van der Waals surface area contributed by atoms with Crippen molar-refractivity contribution in [3.63, 3.8) is 0 Å². The molecule has 180 valence electrons. The molecule has 34 heavy (non-hydrogen) atoms. The largest absolute Gasteiger partial charge is 0.382 e. The highest BCUT2D eigenvalue weighted by Crippen LogP contribution is 2.48. The van der Waals surface area contributed by atoms with Crippen molar-refractivity contribution >= 4 is 40.6 Å². The topological polar surface area (TPSA) is 139 Å². The van der Waals surface area contributed by atoms with E-state index in [0.717, 1.165) is 14.2 Å². The summed E-state index contributed by atoms with van der Waals surface area (Å²) in [6.45, 7) is 0. The number of nitrogens with two attached hydrogens (primary N) is 1. The molecule has 0 saturated carbocycles. The Bertz CT molecular complexity index is 1380. The molecule has 0 amide bonds. The van der Waals surface area contributed by atoms with Crippen LogP contribution in [0, 0.1) is 5.82 Å². The average molecular weight is 528 g/mol. The van der Waals surface area contributed by atoms with Gasteiger partial charge in [0, 0.05) is 26.2 Å². The second kappa shape index (κ2) is 10.3. The molecule has 0 spiro atoms. The van der Waals surface area contributed by atoms with Crippen LogP contribution in [0.2, 0.25) is 5.02 Å². The van der Waals surface area contributed by atoms with Crippen molar-refractivity contribution < 1.29 is 31.2 Å². The number of hydrogen-bond acceptors (Lipinski definition) is 9. The fourth-order valence-corrected chi connectivity index (χ4v) is 6.99. The van der Waals surface area contributed by atoms with E-state index in [1.165, 1.54) is 48.7 Å². The van der Waals surface area contributed by atoms with Crippen LogP contribution in [0.1, 0.15) is 16.1 Å². The Morgan fingerprint density at radius 2 is 1.79 bits per heavy atom. The summed E-state index contributed by atoms with van der Waals surface area (Å²) in [4.78, 5) is 20.9. The molecule has 0 aliphatic rings. The molecule has 0 fully saturated rings. The molecule has 0 saturated heterocycles. The average Bonchev–Trinajstić information content (AvgIpc) is 2.81. The minimum Gasteiger partial charge on any atom is -0.382 e. The van der Waals surface area contributed by atoms with Gasteiger partial charge in [-0.3, -0.25) is 9.36 Å². The molecular formula is C21H20ClFN3O6PS. The van der Waals surface area contributed by atoms with E-state index in [1.54, 1.807) is 0 Å². The van der Waals surface area contributed by atoms with Crippen molar-refractivity contribution in [2.24, 2.45) is 0 Å². The monoisotopic (exact) mass is 527 g/mol. The molecule has 0 radical (unpaired) electrons. The molecule has 1 heterocycles. The molecule has 0 atom stereocenters. The maximum absolute atomic E-state index is 13.6. The second-order valence-electron chi connectivity index (χ2n) is 7.08. The first-order valence-electron chi connectivity index (χ1n) is 9.61. The summed E-state index contributed by atoms with van der Waals surface area (Å²) in [6, 6.07) is 9.16. The fourth-order valence-electron chi connectivity index (χ4n) is 2.97. The summed E-state index contributed by atoms with van der Waals surface area (Å²) in [5.74, 6) is -1.14. The number of Topliss-reactive ketones (excluding diaryl/α,β-unsaturated/α-hetero) is 1. The van der Waals surface area contributed by atoms with Gasteiger partial charge < -0.3 is 14.8 Å². The number of sulfone groups is 1. The molecule has 9 nitrogen and oxygen atoms in total. The molecule has 1 aromatic heterocycles. The van der Waals surface area contributed by atoms with E-state index < -0.39 is 34.5 Å². The van der Waals surface area contributed by atoms with Gasteiger partial charge in [0.2, 0.25) is 0 Å². The number of rotatable bonds is 9. The SMILES string of the molecule is COP(=O)(CS(=O)(=O)c1ccc(CC(=O)c2nc(-c3cc(F)ccc3Cl)cnc2N)cc1)OC. The minimum atomic E-state index is -3.97. The van der Waals surface area contributed by atoms with Gasteiger partial charge in [-0.05, 0) is 35.9 Å². The standard InChI is InChI=1S/C21H20ClFN3O6PS/c1-31-33(28,32-2)12-34(29,30)15-6-3-13(4-7-15)9-19(27)20-21(24)25-11-18(26-20)16-10-14(23)5-8-17(16)22/h3-8,10-11H,9,12H2,1-2H3,(H2,24,25). The number of benzene rings is 2. The first-order valence-corrected chi connectivity index (χ1v) is 13.4.